The van der Waals surface area contributed by atoms with Crippen LogP contribution in [0.3, 0.4) is 0 Å². The lowest BCUT2D eigenvalue weighted by atomic mass is 10.1. The molecular weight excluding hydrogens is 523 g/mol. The number of hydrogen-bond donors (Lipinski definition) is 2. The first-order chi connectivity index (χ1) is 15.3. The first-order valence-electron chi connectivity index (χ1n) is 9.82. The molecule has 0 aromatic heterocycles. The summed E-state index contributed by atoms with van der Waals surface area (Å²) in [5, 5.41) is 0.785. The SMILES string of the molecule is CCC.COC1=CC(=O)N(Cc2ccc(F)cc2F)CC1.Fc1ccc(CBr)cc1.SS. The summed E-state index contributed by atoms with van der Waals surface area (Å²) in [5.74, 6) is -1.04. The van der Waals surface area contributed by atoms with Gasteiger partial charge in [-0.15, -0.1) is 23.3 Å². The maximum Gasteiger partial charge on any atom is 0.250 e. The molecule has 0 bridgehead atoms. The van der Waals surface area contributed by atoms with Gasteiger partial charge in [-0.3, -0.25) is 4.79 Å². The highest BCUT2D eigenvalue weighted by molar-refractivity contribution is 9.08. The third-order valence-electron chi connectivity index (χ3n) is 3.93. The van der Waals surface area contributed by atoms with Gasteiger partial charge in [-0.25, -0.2) is 13.2 Å². The number of methoxy groups -OCH3 is 1. The van der Waals surface area contributed by atoms with E-state index in [1.54, 1.807) is 12.1 Å². The van der Waals surface area contributed by atoms with Crippen molar-refractivity contribution in [3.63, 3.8) is 0 Å². The third kappa shape index (κ3) is 11.9. The van der Waals surface area contributed by atoms with Crippen molar-refractivity contribution in [3.05, 3.63) is 82.9 Å². The largest absolute Gasteiger partial charge is 0.501 e. The summed E-state index contributed by atoms with van der Waals surface area (Å²) in [6, 6.07) is 9.78. The van der Waals surface area contributed by atoms with Crippen molar-refractivity contribution in [2.45, 2.75) is 38.6 Å². The Morgan fingerprint density at radius 3 is 2.06 bits per heavy atom. The lowest BCUT2D eigenvalue weighted by molar-refractivity contribution is -0.127. The minimum absolute atomic E-state index is 0.137. The standard InChI is InChI=1S/C13H13F2NO2.C7H6BrF.C3H8.H2S2/c1-18-11-4-5-16(13(17)7-11)8-9-2-3-10(14)6-12(9)15;8-5-6-1-3-7(9)4-2-6;1-3-2;1-2/h2-3,6-7H,4-5,8H2,1H3;1-4H,5H2;3H2,1-2H3;1-2H. The Labute approximate surface area is 207 Å². The molecule has 3 nitrogen and oxygen atoms in total. The molecule has 3 rings (SSSR count). The Bertz CT molecular complexity index is 836. The molecule has 1 aliphatic rings. The highest BCUT2D eigenvalue weighted by atomic mass is 79.9. The van der Waals surface area contributed by atoms with Crippen LogP contribution in [0, 0.1) is 17.5 Å². The molecule has 2 aromatic carbocycles. The smallest absolute Gasteiger partial charge is 0.250 e. The van der Waals surface area contributed by atoms with Crippen LogP contribution in [0.15, 0.2) is 54.3 Å². The van der Waals surface area contributed by atoms with Crippen molar-refractivity contribution in [1.82, 2.24) is 4.90 Å². The first kappa shape index (κ1) is 30.4. The highest BCUT2D eigenvalue weighted by Gasteiger charge is 2.20. The quantitative estimate of drug-likeness (QED) is 0.240. The van der Waals surface area contributed by atoms with Crippen molar-refractivity contribution < 1.29 is 22.7 Å². The molecule has 1 heterocycles. The van der Waals surface area contributed by atoms with Crippen LogP contribution in [0.4, 0.5) is 13.2 Å². The topological polar surface area (TPSA) is 29.5 Å². The highest BCUT2D eigenvalue weighted by Crippen LogP contribution is 2.17. The van der Waals surface area contributed by atoms with E-state index in [-0.39, 0.29) is 18.3 Å². The predicted molar refractivity (Wildman–Crippen MR) is 134 cm³/mol. The normalized spacial score (nSPS) is 12.2. The van der Waals surface area contributed by atoms with Crippen molar-refractivity contribution in [3.8, 4) is 0 Å². The Morgan fingerprint density at radius 2 is 1.59 bits per heavy atom. The van der Waals surface area contributed by atoms with Crippen molar-refractivity contribution in [1.29, 1.82) is 0 Å². The Hall–Kier alpha value is -1.58. The minimum atomic E-state index is -0.635. The molecular formula is C23H29BrF3NO2S2. The molecule has 2 aromatic rings. The second-order valence-electron chi connectivity index (χ2n) is 6.53. The molecule has 1 aliphatic heterocycles. The fourth-order valence-corrected chi connectivity index (χ4v) is 2.78. The number of amides is 1. The molecule has 9 heteroatoms. The number of carbonyl (C=O) groups is 1. The van der Waals surface area contributed by atoms with E-state index < -0.39 is 11.6 Å². The molecule has 178 valence electrons. The van der Waals surface area contributed by atoms with Gasteiger partial charge >= 0.3 is 0 Å². The molecule has 32 heavy (non-hydrogen) atoms. The molecule has 0 N–H and O–H groups in total. The molecule has 0 saturated heterocycles. The second-order valence-corrected chi connectivity index (χ2v) is 7.09. The van der Waals surface area contributed by atoms with Crippen molar-refractivity contribution >= 4 is 45.2 Å². The van der Waals surface area contributed by atoms with Crippen LogP contribution in [0.2, 0.25) is 0 Å². The average molecular weight is 553 g/mol. The summed E-state index contributed by atoms with van der Waals surface area (Å²) in [4.78, 5) is 13.2. The molecule has 0 unspecified atom stereocenters. The molecule has 0 saturated carbocycles. The van der Waals surface area contributed by atoms with Crippen LogP contribution in [-0.2, 0) is 21.4 Å². The molecule has 0 atom stereocenters. The Morgan fingerprint density at radius 1 is 1.03 bits per heavy atom. The van der Waals surface area contributed by atoms with E-state index in [1.165, 1.54) is 48.8 Å². The zero-order chi connectivity index (χ0) is 24.5. The number of benzene rings is 2. The monoisotopic (exact) mass is 551 g/mol. The number of halogens is 4. The average Bonchev–Trinajstić information content (AvgIpc) is 2.79. The summed E-state index contributed by atoms with van der Waals surface area (Å²) in [5.41, 5.74) is 1.40. The van der Waals surface area contributed by atoms with Gasteiger partial charge in [0.05, 0.1) is 7.11 Å². The number of thiol groups is 2. The van der Waals surface area contributed by atoms with E-state index in [1.807, 2.05) is 0 Å². The van der Waals surface area contributed by atoms with Gasteiger partial charge in [0.15, 0.2) is 0 Å². The molecule has 0 aliphatic carbocycles. The molecule has 0 fully saturated rings. The van der Waals surface area contributed by atoms with E-state index in [4.69, 9.17) is 4.74 Å². The van der Waals surface area contributed by atoms with Crippen LogP contribution in [0.1, 0.15) is 37.8 Å². The zero-order valence-electron chi connectivity index (χ0n) is 18.3. The fraction of sp³-hybridized carbons (Fsp3) is 0.348. The van der Waals surface area contributed by atoms with Crippen LogP contribution < -0.4 is 0 Å². The van der Waals surface area contributed by atoms with E-state index in [2.05, 4.69) is 53.1 Å². The van der Waals surface area contributed by atoms with Crippen LogP contribution in [0.25, 0.3) is 0 Å². The van der Waals surface area contributed by atoms with Gasteiger partial charge in [-0.1, -0.05) is 54.4 Å². The lowest BCUT2D eigenvalue weighted by Gasteiger charge is -2.26. The number of nitrogens with zero attached hydrogens (tertiary/aromatic N) is 1. The third-order valence-corrected chi connectivity index (χ3v) is 4.58. The Kier molecular flexibility index (Phi) is 17.0. The van der Waals surface area contributed by atoms with E-state index >= 15 is 0 Å². The maximum atomic E-state index is 13.5. The maximum absolute atomic E-state index is 13.5. The summed E-state index contributed by atoms with van der Waals surface area (Å²) in [6.07, 6.45) is 3.25. The molecule has 1 amide bonds. The van der Waals surface area contributed by atoms with Crippen molar-refractivity contribution in [2.75, 3.05) is 13.7 Å². The van der Waals surface area contributed by atoms with Gasteiger partial charge in [-0.05, 0) is 23.8 Å². The van der Waals surface area contributed by atoms with Crippen LogP contribution >= 0.6 is 39.3 Å². The summed E-state index contributed by atoms with van der Waals surface area (Å²) < 4.78 is 43.4. The van der Waals surface area contributed by atoms with Crippen molar-refractivity contribution in [2.24, 2.45) is 0 Å². The number of ether oxygens (including phenoxy) is 1. The summed E-state index contributed by atoms with van der Waals surface area (Å²) >= 11 is 9.70. The minimum Gasteiger partial charge on any atom is -0.501 e. The number of carbonyl (C=O) groups excluding carboxylic acids is 1. The van der Waals surface area contributed by atoms with Crippen LogP contribution in [0.5, 0.6) is 0 Å². The van der Waals surface area contributed by atoms with Gasteiger partial charge in [-0.2, -0.15) is 0 Å². The van der Waals surface area contributed by atoms with Gasteiger partial charge in [0.1, 0.15) is 23.2 Å². The van der Waals surface area contributed by atoms with E-state index in [0.717, 1.165) is 17.0 Å². The predicted octanol–water partition coefficient (Wildman–Crippen LogP) is 7.13. The van der Waals surface area contributed by atoms with Gasteiger partial charge < -0.3 is 9.64 Å². The Balaban J connectivity index is 0.000000574. The number of rotatable bonds is 4. The fourth-order valence-electron chi connectivity index (χ4n) is 2.40. The van der Waals surface area contributed by atoms with Gasteiger partial charge in [0.2, 0.25) is 5.91 Å². The summed E-state index contributed by atoms with van der Waals surface area (Å²) in [6.45, 7) is 4.85. The second kappa shape index (κ2) is 17.9. The zero-order valence-corrected chi connectivity index (χ0v) is 21.7. The number of hydrogen-bond acceptors (Lipinski definition) is 4. The summed E-state index contributed by atoms with van der Waals surface area (Å²) in [7, 11) is 1.51. The van der Waals surface area contributed by atoms with Gasteiger partial charge in [0, 0.05) is 42.5 Å². The first-order valence-corrected chi connectivity index (χ1v) is 12.5. The van der Waals surface area contributed by atoms with Crippen LogP contribution in [-0.4, -0.2) is 24.5 Å². The van der Waals surface area contributed by atoms with E-state index in [0.29, 0.717) is 24.3 Å². The number of alkyl halides is 1. The van der Waals surface area contributed by atoms with Gasteiger partial charge in [0.25, 0.3) is 0 Å². The molecule has 0 radical (unpaired) electrons. The van der Waals surface area contributed by atoms with E-state index in [9.17, 15) is 18.0 Å². The molecule has 0 spiro atoms. The lowest BCUT2D eigenvalue weighted by Crippen LogP contribution is -2.34.